The van der Waals surface area contributed by atoms with E-state index in [-0.39, 0.29) is 5.91 Å². The highest BCUT2D eigenvalue weighted by Gasteiger charge is 2.24. The Morgan fingerprint density at radius 3 is 2.33 bits per heavy atom. The minimum Gasteiger partial charge on any atom is -0.345 e. The third kappa shape index (κ3) is 5.01. The molecular formula is C23H25ClN2O. The van der Waals surface area contributed by atoms with Gasteiger partial charge in [-0.2, -0.15) is 0 Å². The Morgan fingerprint density at radius 2 is 1.67 bits per heavy atom. The van der Waals surface area contributed by atoms with Gasteiger partial charge in [0.1, 0.15) is 5.38 Å². The molecule has 0 spiro atoms. The smallest absolute Gasteiger partial charge is 0.245 e. The summed E-state index contributed by atoms with van der Waals surface area (Å²) in [5.74, 6) is -0.0443. The average Bonchev–Trinajstić information content (AvgIpc) is 3.14. The van der Waals surface area contributed by atoms with E-state index >= 15 is 0 Å². The molecule has 1 amide bonds. The average molecular weight is 381 g/mol. The summed E-state index contributed by atoms with van der Waals surface area (Å²) < 4.78 is 2.19. The van der Waals surface area contributed by atoms with Crippen LogP contribution in [0.2, 0.25) is 0 Å². The molecular weight excluding hydrogens is 356 g/mol. The molecule has 140 valence electrons. The molecule has 4 heteroatoms. The molecule has 0 aliphatic carbocycles. The third-order valence-corrected chi connectivity index (χ3v) is 5.03. The molecule has 0 saturated carbocycles. The van der Waals surface area contributed by atoms with Crippen LogP contribution in [0.1, 0.15) is 35.5 Å². The van der Waals surface area contributed by atoms with Gasteiger partial charge in [0, 0.05) is 25.0 Å². The number of carbonyl (C=O) groups is 1. The second-order valence-electron chi connectivity index (χ2n) is 6.65. The molecule has 0 fully saturated rings. The fraction of sp³-hybridized carbons (Fsp3) is 0.261. The highest BCUT2D eigenvalue weighted by atomic mass is 35.5. The lowest BCUT2D eigenvalue weighted by atomic mass is 10.1. The lowest BCUT2D eigenvalue weighted by Crippen LogP contribution is -2.34. The summed E-state index contributed by atoms with van der Waals surface area (Å²) in [7, 11) is 0. The number of amides is 1. The molecule has 0 N–H and O–H groups in total. The van der Waals surface area contributed by atoms with Crippen molar-refractivity contribution in [1.29, 1.82) is 0 Å². The van der Waals surface area contributed by atoms with Gasteiger partial charge in [-0.15, -0.1) is 11.6 Å². The van der Waals surface area contributed by atoms with Crippen molar-refractivity contribution in [2.24, 2.45) is 0 Å². The van der Waals surface area contributed by atoms with Gasteiger partial charge < -0.3 is 9.47 Å². The van der Waals surface area contributed by atoms with Crippen molar-refractivity contribution in [2.75, 3.05) is 6.54 Å². The first-order chi connectivity index (χ1) is 13.2. The third-order valence-electron chi connectivity index (χ3n) is 4.59. The molecule has 0 aliphatic rings. The molecule has 1 atom stereocenters. The maximum Gasteiger partial charge on any atom is 0.245 e. The SMILES string of the molecule is CCCN(Cc1cccn1Cc1ccccc1)C(=O)[C@@H](Cl)c1ccccc1. The molecule has 0 saturated heterocycles. The summed E-state index contributed by atoms with van der Waals surface area (Å²) >= 11 is 6.50. The van der Waals surface area contributed by atoms with E-state index in [2.05, 4.69) is 35.9 Å². The van der Waals surface area contributed by atoms with E-state index in [1.165, 1.54) is 5.56 Å². The van der Waals surface area contributed by atoms with Crippen LogP contribution in [0, 0.1) is 0 Å². The summed E-state index contributed by atoms with van der Waals surface area (Å²) in [5.41, 5.74) is 3.19. The Kier molecular flexibility index (Phi) is 6.72. The van der Waals surface area contributed by atoms with Gasteiger partial charge in [0.2, 0.25) is 5.91 Å². The molecule has 27 heavy (non-hydrogen) atoms. The molecule has 2 aromatic carbocycles. The Balaban J connectivity index is 1.75. The molecule has 0 unspecified atom stereocenters. The van der Waals surface area contributed by atoms with E-state index in [9.17, 15) is 4.79 Å². The molecule has 3 rings (SSSR count). The van der Waals surface area contributed by atoms with Crippen LogP contribution in [0.25, 0.3) is 0 Å². The quantitative estimate of drug-likeness (QED) is 0.489. The van der Waals surface area contributed by atoms with E-state index < -0.39 is 5.38 Å². The lowest BCUT2D eigenvalue weighted by Gasteiger charge is -2.25. The van der Waals surface area contributed by atoms with E-state index in [1.807, 2.05) is 59.5 Å². The molecule has 1 heterocycles. The first kappa shape index (κ1) is 19.2. The summed E-state index contributed by atoms with van der Waals surface area (Å²) in [4.78, 5) is 14.9. The molecule has 3 aromatic rings. The molecule has 1 aromatic heterocycles. The zero-order chi connectivity index (χ0) is 19.1. The Morgan fingerprint density at radius 1 is 1.00 bits per heavy atom. The van der Waals surface area contributed by atoms with Crippen LogP contribution in [0.3, 0.4) is 0 Å². The summed E-state index contributed by atoms with van der Waals surface area (Å²) in [6.07, 6.45) is 2.95. The number of benzene rings is 2. The molecule has 0 aliphatic heterocycles. The second-order valence-corrected chi connectivity index (χ2v) is 7.08. The summed E-state index contributed by atoms with van der Waals surface area (Å²) in [6, 6.07) is 24.0. The van der Waals surface area contributed by atoms with E-state index in [0.29, 0.717) is 13.1 Å². The largest absolute Gasteiger partial charge is 0.345 e. The number of hydrogen-bond donors (Lipinski definition) is 0. The van der Waals surface area contributed by atoms with Crippen LogP contribution < -0.4 is 0 Å². The number of halogens is 1. The van der Waals surface area contributed by atoms with E-state index in [4.69, 9.17) is 11.6 Å². The van der Waals surface area contributed by atoms with Crippen LogP contribution in [-0.2, 0) is 17.9 Å². The predicted octanol–water partition coefficient (Wildman–Crippen LogP) is 5.26. The van der Waals surface area contributed by atoms with Crippen molar-refractivity contribution in [3.05, 3.63) is 95.8 Å². The minimum atomic E-state index is -0.657. The maximum absolute atomic E-state index is 13.0. The number of carbonyl (C=O) groups excluding carboxylic acids is 1. The topological polar surface area (TPSA) is 25.2 Å². The first-order valence-electron chi connectivity index (χ1n) is 9.34. The molecule has 3 nitrogen and oxygen atoms in total. The first-order valence-corrected chi connectivity index (χ1v) is 9.78. The van der Waals surface area contributed by atoms with Crippen molar-refractivity contribution < 1.29 is 4.79 Å². The zero-order valence-electron chi connectivity index (χ0n) is 15.6. The van der Waals surface area contributed by atoms with E-state index in [0.717, 1.165) is 24.2 Å². The van der Waals surface area contributed by atoms with Crippen molar-refractivity contribution in [3.8, 4) is 0 Å². The molecule has 0 bridgehead atoms. The highest BCUT2D eigenvalue weighted by Crippen LogP contribution is 2.24. The molecule has 0 radical (unpaired) electrons. The van der Waals surface area contributed by atoms with Gasteiger partial charge in [-0.3, -0.25) is 4.79 Å². The van der Waals surface area contributed by atoms with Crippen LogP contribution in [0.5, 0.6) is 0 Å². The normalized spacial score (nSPS) is 11.9. The highest BCUT2D eigenvalue weighted by molar-refractivity contribution is 6.30. The number of aromatic nitrogens is 1. The van der Waals surface area contributed by atoms with Crippen molar-refractivity contribution in [1.82, 2.24) is 9.47 Å². The fourth-order valence-electron chi connectivity index (χ4n) is 3.18. The standard InChI is InChI=1S/C23H25ClN2O/c1-2-15-26(23(27)22(24)20-12-7-4-8-13-20)18-21-14-9-16-25(21)17-19-10-5-3-6-11-19/h3-14,16,22H,2,15,17-18H2,1H3/t22-/m0/s1. The minimum absolute atomic E-state index is 0.0443. The monoisotopic (exact) mass is 380 g/mol. The summed E-state index contributed by atoms with van der Waals surface area (Å²) in [6.45, 7) is 4.11. The fourth-order valence-corrected chi connectivity index (χ4v) is 3.47. The Bertz CT molecular complexity index is 845. The Hall–Kier alpha value is -2.52. The van der Waals surface area contributed by atoms with Gasteiger partial charge >= 0.3 is 0 Å². The van der Waals surface area contributed by atoms with Crippen molar-refractivity contribution in [2.45, 2.75) is 31.8 Å². The van der Waals surface area contributed by atoms with Crippen molar-refractivity contribution >= 4 is 17.5 Å². The second kappa shape index (κ2) is 9.43. The van der Waals surface area contributed by atoms with Gasteiger partial charge in [0.05, 0.1) is 6.54 Å². The van der Waals surface area contributed by atoms with Crippen LogP contribution in [0.15, 0.2) is 79.0 Å². The van der Waals surface area contributed by atoms with Gasteiger partial charge in [-0.1, -0.05) is 67.6 Å². The number of rotatable bonds is 8. The lowest BCUT2D eigenvalue weighted by molar-refractivity contribution is -0.131. The van der Waals surface area contributed by atoms with Crippen LogP contribution >= 0.6 is 11.6 Å². The van der Waals surface area contributed by atoms with E-state index in [1.54, 1.807) is 0 Å². The number of alkyl halides is 1. The van der Waals surface area contributed by atoms with Gasteiger partial charge in [-0.05, 0) is 29.7 Å². The van der Waals surface area contributed by atoms with Gasteiger partial charge in [0.15, 0.2) is 0 Å². The zero-order valence-corrected chi connectivity index (χ0v) is 16.3. The number of nitrogens with zero attached hydrogens (tertiary/aromatic N) is 2. The van der Waals surface area contributed by atoms with Gasteiger partial charge in [-0.25, -0.2) is 0 Å². The predicted molar refractivity (Wildman–Crippen MR) is 111 cm³/mol. The Labute approximate surface area is 166 Å². The van der Waals surface area contributed by atoms with Gasteiger partial charge in [0.25, 0.3) is 0 Å². The van der Waals surface area contributed by atoms with Crippen LogP contribution in [-0.4, -0.2) is 21.9 Å². The van der Waals surface area contributed by atoms with Crippen LogP contribution in [0.4, 0.5) is 0 Å². The summed E-state index contributed by atoms with van der Waals surface area (Å²) in [5, 5.41) is -0.657. The van der Waals surface area contributed by atoms with Crippen molar-refractivity contribution in [3.63, 3.8) is 0 Å². The maximum atomic E-state index is 13.0. The number of hydrogen-bond acceptors (Lipinski definition) is 1.